The van der Waals surface area contributed by atoms with Gasteiger partial charge in [0.15, 0.2) is 12.3 Å². The van der Waals surface area contributed by atoms with Gasteiger partial charge in [-0.2, -0.15) is 9.19 Å². The molecule has 1 aromatic heterocycles. The molecule has 3 nitrogen and oxygen atoms in total. The largest absolute Gasteiger partial charge is 0.287 e. The second-order valence-corrected chi connectivity index (χ2v) is 4.29. The molecule has 0 bridgehead atoms. The van der Waals surface area contributed by atoms with Gasteiger partial charge in [-0.3, -0.25) is 4.79 Å². The quantitative estimate of drug-likeness (QED) is 0.816. The van der Waals surface area contributed by atoms with Crippen LogP contribution in [0.2, 0.25) is 0 Å². The average molecular weight is 301 g/mol. The number of carbonyl (C=O) groups is 1. The number of nitrogens with zero attached hydrogens (tertiary/aromatic N) is 2. The molecule has 0 aliphatic rings. The van der Waals surface area contributed by atoms with E-state index in [0.29, 0.717) is 10.2 Å². The van der Waals surface area contributed by atoms with Gasteiger partial charge in [0.25, 0.3) is 0 Å². The predicted molar refractivity (Wildman–Crippen MR) is 63.9 cm³/mol. The average Bonchev–Trinajstić information content (AvgIpc) is 2.70. The lowest BCUT2D eigenvalue weighted by molar-refractivity contribution is 0.103. The number of hydrogen-bond acceptors (Lipinski definition) is 3. The van der Waals surface area contributed by atoms with Gasteiger partial charge in [-0.05, 0) is 15.9 Å². The standard InChI is InChI=1S/C10H6BrFN2OS/c11-9-6-8(14(13-9)16-12)10(15)7-4-2-1-3-5-7/h1-6H. The zero-order valence-corrected chi connectivity index (χ0v) is 10.3. The van der Waals surface area contributed by atoms with Crippen LogP contribution in [-0.2, 0) is 0 Å². The summed E-state index contributed by atoms with van der Waals surface area (Å²) >= 11 is 2.99. The molecule has 16 heavy (non-hydrogen) atoms. The maximum Gasteiger partial charge on any atom is 0.212 e. The number of carbonyl (C=O) groups excluding carboxylic acids is 1. The van der Waals surface area contributed by atoms with E-state index in [-0.39, 0.29) is 23.8 Å². The Labute approximate surface area is 104 Å². The maximum atomic E-state index is 12.5. The maximum absolute atomic E-state index is 12.5. The highest BCUT2D eigenvalue weighted by Crippen LogP contribution is 2.19. The summed E-state index contributed by atoms with van der Waals surface area (Å²) in [5.74, 6) is -0.260. The Morgan fingerprint density at radius 2 is 2.06 bits per heavy atom. The summed E-state index contributed by atoms with van der Waals surface area (Å²) < 4.78 is 13.9. The molecule has 2 rings (SSSR count). The molecular weight excluding hydrogens is 295 g/mol. The normalized spacial score (nSPS) is 10.4. The van der Waals surface area contributed by atoms with Crippen molar-refractivity contribution in [3.8, 4) is 0 Å². The topological polar surface area (TPSA) is 34.9 Å². The Hall–Kier alpha value is -1.14. The molecule has 0 amide bonds. The number of benzene rings is 1. The van der Waals surface area contributed by atoms with Crippen molar-refractivity contribution in [2.45, 2.75) is 0 Å². The van der Waals surface area contributed by atoms with Crippen LogP contribution in [0.15, 0.2) is 41.0 Å². The summed E-state index contributed by atoms with van der Waals surface area (Å²) in [6.45, 7) is 0. The van der Waals surface area contributed by atoms with E-state index in [1.807, 2.05) is 6.07 Å². The second-order valence-electron chi connectivity index (χ2n) is 2.99. The Kier molecular flexibility index (Phi) is 3.40. The van der Waals surface area contributed by atoms with Gasteiger partial charge in [-0.25, -0.2) is 0 Å². The predicted octanol–water partition coefficient (Wildman–Crippen LogP) is 3.26. The van der Waals surface area contributed by atoms with Gasteiger partial charge in [0.1, 0.15) is 10.3 Å². The van der Waals surface area contributed by atoms with Crippen molar-refractivity contribution in [3.05, 3.63) is 52.3 Å². The van der Waals surface area contributed by atoms with Crippen LogP contribution in [0.3, 0.4) is 0 Å². The Morgan fingerprint density at radius 3 is 2.69 bits per heavy atom. The number of halogens is 2. The third kappa shape index (κ3) is 2.17. The first-order valence-corrected chi connectivity index (χ1v) is 5.83. The van der Waals surface area contributed by atoms with Crippen LogP contribution in [0, 0.1) is 0 Å². The molecule has 0 atom stereocenters. The van der Waals surface area contributed by atoms with Crippen molar-refractivity contribution < 1.29 is 8.68 Å². The van der Waals surface area contributed by atoms with Gasteiger partial charge in [-0.1, -0.05) is 30.3 Å². The summed E-state index contributed by atoms with van der Waals surface area (Å²) in [4.78, 5) is 12.0. The van der Waals surface area contributed by atoms with E-state index >= 15 is 0 Å². The van der Waals surface area contributed by atoms with Crippen molar-refractivity contribution in [2.75, 3.05) is 0 Å². The van der Waals surface area contributed by atoms with Crippen LogP contribution in [0.25, 0.3) is 0 Å². The molecule has 0 spiro atoms. The minimum Gasteiger partial charge on any atom is -0.287 e. The first kappa shape index (κ1) is 11.3. The molecule has 0 saturated carbocycles. The van der Waals surface area contributed by atoms with E-state index in [1.165, 1.54) is 6.07 Å². The monoisotopic (exact) mass is 300 g/mol. The van der Waals surface area contributed by atoms with Gasteiger partial charge >= 0.3 is 0 Å². The first-order valence-electron chi connectivity index (χ1n) is 4.37. The molecule has 0 radical (unpaired) electrons. The molecular formula is C10H6BrFN2OS. The number of ketones is 1. The van der Waals surface area contributed by atoms with Crippen molar-refractivity contribution in [1.82, 2.24) is 9.19 Å². The fourth-order valence-electron chi connectivity index (χ4n) is 1.28. The zero-order valence-electron chi connectivity index (χ0n) is 7.93. The minimum atomic E-state index is -0.260. The van der Waals surface area contributed by atoms with E-state index in [1.54, 1.807) is 24.3 Å². The number of aromatic nitrogens is 2. The highest BCUT2D eigenvalue weighted by atomic mass is 79.9. The SMILES string of the molecule is O=C(c1ccccc1)c1cc(Br)nn1SF. The Bertz CT molecular complexity index is 515. The molecule has 0 N–H and O–H groups in total. The lowest BCUT2D eigenvalue weighted by Crippen LogP contribution is -2.06. The zero-order chi connectivity index (χ0) is 11.5. The van der Waals surface area contributed by atoms with Gasteiger partial charge < -0.3 is 0 Å². The van der Waals surface area contributed by atoms with E-state index in [0.717, 1.165) is 4.09 Å². The Balaban J connectivity index is 2.41. The smallest absolute Gasteiger partial charge is 0.212 e. The summed E-state index contributed by atoms with van der Waals surface area (Å²) in [6, 6.07) is 10.2. The van der Waals surface area contributed by atoms with E-state index in [4.69, 9.17) is 0 Å². The van der Waals surface area contributed by atoms with Crippen LogP contribution in [0.1, 0.15) is 16.1 Å². The van der Waals surface area contributed by atoms with Crippen LogP contribution < -0.4 is 0 Å². The first-order chi connectivity index (χ1) is 7.72. The highest BCUT2D eigenvalue weighted by molar-refractivity contribution is 9.10. The summed E-state index contributed by atoms with van der Waals surface area (Å²) in [6.07, 6.45) is 0. The van der Waals surface area contributed by atoms with Crippen molar-refractivity contribution in [3.63, 3.8) is 0 Å². The van der Waals surface area contributed by atoms with E-state index < -0.39 is 0 Å². The number of hydrogen-bond donors (Lipinski definition) is 0. The molecule has 0 unspecified atom stereocenters. The fraction of sp³-hybridized carbons (Fsp3) is 0. The van der Waals surface area contributed by atoms with Crippen LogP contribution in [0.5, 0.6) is 0 Å². The van der Waals surface area contributed by atoms with Crippen molar-refractivity contribution in [1.29, 1.82) is 0 Å². The van der Waals surface area contributed by atoms with E-state index in [2.05, 4.69) is 21.0 Å². The molecule has 1 heterocycles. The van der Waals surface area contributed by atoms with Gasteiger partial charge in [0.2, 0.25) is 5.78 Å². The van der Waals surface area contributed by atoms with Crippen LogP contribution in [0.4, 0.5) is 3.89 Å². The molecule has 82 valence electrons. The van der Waals surface area contributed by atoms with Crippen molar-refractivity contribution in [2.24, 2.45) is 0 Å². The van der Waals surface area contributed by atoms with Gasteiger partial charge in [-0.15, -0.1) is 3.89 Å². The fourth-order valence-corrected chi connectivity index (χ4v) is 2.09. The highest BCUT2D eigenvalue weighted by Gasteiger charge is 2.16. The summed E-state index contributed by atoms with van der Waals surface area (Å²) in [5.41, 5.74) is 0.704. The lowest BCUT2D eigenvalue weighted by Gasteiger charge is -2.00. The third-order valence-electron chi connectivity index (χ3n) is 1.98. The lowest BCUT2D eigenvalue weighted by atomic mass is 10.1. The Morgan fingerprint density at radius 1 is 1.38 bits per heavy atom. The van der Waals surface area contributed by atoms with Crippen LogP contribution >= 0.6 is 28.3 Å². The third-order valence-corrected chi connectivity index (χ3v) is 2.78. The molecule has 1 aromatic carbocycles. The molecule has 0 aliphatic heterocycles. The molecule has 6 heteroatoms. The summed E-state index contributed by atoms with van der Waals surface area (Å²) in [5, 5.41) is 3.78. The van der Waals surface area contributed by atoms with Gasteiger partial charge in [0.05, 0.1) is 0 Å². The van der Waals surface area contributed by atoms with E-state index in [9.17, 15) is 8.68 Å². The van der Waals surface area contributed by atoms with Crippen molar-refractivity contribution >= 4 is 34.0 Å². The molecule has 0 saturated heterocycles. The van der Waals surface area contributed by atoms with Gasteiger partial charge in [0, 0.05) is 11.6 Å². The second kappa shape index (κ2) is 4.80. The molecule has 2 aromatic rings. The minimum absolute atomic E-state index is 0.106. The molecule has 0 aliphatic carbocycles. The number of rotatable bonds is 3. The summed E-state index contributed by atoms with van der Waals surface area (Å²) in [7, 11) is 0. The van der Waals surface area contributed by atoms with Crippen LogP contribution in [-0.4, -0.2) is 15.0 Å². The molecule has 0 fully saturated rings.